The molecule has 3 heteroatoms. The molecule has 3 aliphatic rings. The molecular weight excluding hydrogens is 210 g/mol. The van der Waals surface area contributed by atoms with Crippen molar-refractivity contribution in [1.29, 1.82) is 0 Å². The van der Waals surface area contributed by atoms with Crippen molar-refractivity contribution in [3.8, 4) is 0 Å². The fourth-order valence-corrected chi connectivity index (χ4v) is 3.67. The van der Waals surface area contributed by atoms with E-state index in [0.29, 0.717) is 12.0 Å². The van der Waals surface area contributed by atoms with Crippen molar-refractivity contribution in [2.45, 2.75) is 25.7 Å². The van der Waals surface area contributed by atoms with Crippen LogP contribution in [0.4, 0.5) is 8.78 Å². The molecule has 0 aliphatic heterocycles. The Morgan fingerprint density at radius 2 is 1.81 bits per heavy atom. The molecule has 0 heterocycles. The van der Waals surface area contributed by atoms with Crippen molar-refractivity contribution in [1.82, 2.24) is 0 Å². The first-order valence-electron chi connectivity index (χ1n) is 5.61. The molecule has 1 aromatic carbocycles. The molecule has 3 saturated carbocycles. The largest absolute Gasteiger partial charge is 0.396 e. The third-order valence-corrected chi connectivity index (χ3v) is 4.16. The third-order valence-electron chi connectivity index (χ3n) is 4.16. The lowest BCUT2D eigenvalue weighted by molar-refractivity contribution is -0.222. The van der Waals surface area contributed by atoms with Crippen LogP contribution in [-0.4, -0.2) is 11.7 Å². The van der Waals surface area contributed by atoms with Gasteiger partial charge in [0.1, 0.15) is 11.6 Å². The molecular formula is C13H14F2O. The Kier molecular flexibility index (Phi) is 1.94. The van der Waals surface area contributed by atoms with Crippen LogP contribution in [0.25, 0.3) is 0 Å². The molecule has 1 N–H and O–H groups in total. The van der Waals surface area contributed by atoms with Gasteiger partial charge >= 0.3 is 0 Å². The monoisotopic (exact) mass is 224 g/mol. The summed E-state index contributed by atoms with van der Waals surface area (Å²) in [6.45, 7) is 0.236. The van der Waals surface area contributed by atoms with Crippen molar-refractivity contribution in [2.75, 3.05) is 6.61 Å². The Morgan fingerprint density at radius 1 is 1.12 bits per heavy atom. The predicted octanol–water partition coefficient (Wildman–Crippen LogP) is 2.67. The first-order valence-corrected chi connectivity index (χ1v) is 5.61. The van der Waals surface area contributed by atoms with Gasteiger partial charge in [-0.2, -0.15) is 0 Å². The van der Waals surface area contributed by atoms with Crippen molar-refractivity contribution in [2.24, 2.45) is 10.8 Å². The van der Waals surface area contributed by atoms with E-state index in [9.17, 15) is 8.78 Å². The van der Waals surface area contributed by atoms with Crippen LogP contribution in [0.5, 0.6) is 0 Å². The van der Waals surface area contributed by atoms with Crippen molar-refractivity contribution >= 4 is 0 Å². The van der Waals surface area contributed by atoms with Crippen LogP contribution in [-0.2, 0) is 6.42 Å². The molecule has 0 amide bonds. The van der Waals surface area contributed by atoms with E-state index in [1.54, 1.807) is 0 Å². The Hall–Kier alpha value is -0.960. The molecule has 0 aromatic heterocycles. The van der Waals surface area contributed by atoms with Gasteiger partial charge in [-0.05, 0) is 60.3 Å². The number of aliphatic hydroxyl groups is 1. The molecule has 4 rings (SSSR count). The maximum absolute atomic E-state index is 13.4. The summed E-state index contributed by atoms with van der Waals surface area (Å²) in [7, 11) is 0. The summed E-state index contributed by atoms with van der Waals surface area (Å²) in [6.07, 6.45) is 3.50. The van der Waals surface area contributed by atoms with Gasteiger partial charge in [0.15, 0.2) is 0 Å². The summed E-state index contributed by atoms with van der Waals surface area (Å²) in [6, 6.07) is 3.63. The molecule has 0 saturated heterocycles. The van der Waals surface area contributed by atoms with Crippen LogP contribution in [0.15, 0.2) is 18.2 Å². The minimum absolute atomic E-state index is 0.129. The standard InChI is InChI=1S/C13H14F2O/c14-10-1-2-11(15)9(3-10)4-12-5-13(6-12,7-12)8-16/h1-3,16H,4-8H2. The van der Waals surface area contributed by atoms with E-state index in [4.69, 9.17) is 5.11 Å². The van der Waals surface area contributed by atoms with Gasteiger partial charge in [0.25, 0.3) is 0 Å². The maximum Gasteiger partial charge on any atom is 0.126 e. The molecule has 2 bridgehead atoms. The number of hydrogen-bond donors (Lipinski definition) is 1. The highest BCUT2D eigenvalue weighted by Crippen LogP contribution is 2.74. The van der Waals surface area contributed by atoms with E-state index in [0.717, 1.165) is 25.3 Å². The summed E-state index contributed by atoms with van der Waals surface area (Å²) < 4.78 is 26.4. The van der Waals surface area contributed by atoms with Crippen molar-refractivity contribution in [3.63, 3.8) is 0 Å². The smallest absolute Gasteiger partial charge is 0.126 e. The summed E-state index contributed by atoms with van der Waals surface area (Å²) >= 11 is 0. The second-order valence-electron chi connectivity index (χ2n) is 5.60. The maximum atomic E-state index is 13.4. The Morgan fingerprint density at radius 3 is 2.44 bits per heavy atom. The number of hydrogen-bond acceptors (Lipinski definition) is 1. The molecule has 0 spiro atoms. The summed E-state index contributed by atoms with van der Waals surface area (Å²) in [4.78, 5) is 0. The van der Waals surface area contributed by atoms with Crippen molar-refractivity contribution < 1.29 is 13.9 Å². The zero-order valence-corrected chi connectivity index (χ0v) is 8.97. The minimum Gasteiger partial charge on any atom is -0.396 e. The third kappa shape index (κ3) is 1.31. The van der Waals surface area contributed by atoms with Crippen LogP contribution in [0.3, 0.4) is 0 Å². The van der Waals surface area contributed by atoms with Gasteiger partial charge in [-0.15, -0.1) is 0 Å². The van der Waals surface area contributed by atoms with Gasteiger partial charge in [0.2, 0.25) is 0 Å². The van der Waals surface area contributed by atoms with Gasteiger partial charge in [-0.3, -0.25) is 0 Å². The van der Waals surface area contributed by atoms with Crippen LogP contribution in [0, 0.1) is 22.5 Å². The van der Waals surface area contributed by atoms with Gasteiger partial charge in [-0.25, -0.2) is 8.78 Å². The van der Waals surface area contributed by atoms with Crippen LogP contribution >= 0.6 is 0 Å². The van der Waals surface area contributed by atoms with E-state index in [-0.39, 0.29) is 29.1 Å². The molecule has 1 aromatic rings. The van der Waals surface area contributed by atoms with E-state index in [2.05, 4.69) is 0 Å². The van der Waals surface area contributed by atoms with Crippen LogP contribution in [0.1, 0.15) is 24.8 Å². The summed E-state index contributed by atoms with van der Waals surface area (Å²) in [5.74, 6) is -0.691. The highest BCUT2D eigenvalue weighted by molar-refractivity contribution is 5.26. The molecule has 1 nitrogen and oxygen atoms in total. The van der Waals surface area contributed by atoms with E-state index < -0.39 is 0 Å². The zero-order valence-electron chi connectivity index (χ0n) is 8.97. The quantitative estimate of drug-likeness (QED) is 0.836. The Balaban J connectivity index is 1.75. The van der Waals surface area contributed by atoms with Gasteiger partial charge in [-0.1, -0.05) is 0 Å². The number of aliphatic hydroxyl groups excluding tert-OH is 1. The number of benzene rings is 1. The van der Waals surface area contributed by atoms with E-state index in [1.807, 2.05) is 0 Å². The summed E-state index contributed by atoms with van der Waals surface area (Å²) in [5, 5.41) is 9.13. The Bertz CT molecular complexity index is 422. The highest BCUT2D eigenvalue weighted by atomic mass is 19.1. The van der Waals surface area contributed by atoms with Gasteiger partial charge < -0.3 is 5.11 Å². The predicted molar refractivity (Wildman–Crippen MR) is 55.9 cm³/mol. The molecule has 16 heavy (non-hydrogen) atoms. The normalized spacial score (nSPS) is 35.4. The SMILES string of the molecule is OCC12CC(Cc3cc(F)ccc3F)(C1)C2. The molecule has 0 radical (unpaired) electrons. The molecule has 0 unspecified atom stereocenters. The lowest BCUT2D eigenvalue weighted by Crippen LogP contribution is -2.64. The van der Waals surface area contributed by atoms with Gasteiger partial charge in [0.05, 0.1) is 0 Å². The fraction of sp³-hybridized carbons (Fsp3) is 0.538. The van der Waals surface area contributed by atoms with E-state index >= 15 is 0 Å². The topological polar surface area (TPSA) is 20.2 Å². The lowest BCUT2D eigenvalue weighted by atomic mass is 9.34. The fourth-order valence-electron chi connectivity index (χ4n) is 3.67. The molecule has 86 valence electrons. The van der Waals surface area contributed by atoms with Gasteiger partial charge in [0, 0.05) is 6.61 Å². The molecule has 3 aliphatic carbocycles. The first-order chi connectivity index (χ1) is 7.56. The lowest BCUT2D eigenvalue weighted by Gasteiger charge is -2.70. The summed E-state index contributed by atoms with van der Waals surface area (Å²) in [5.41, 5.74) is 0.757. The van der Waals surface area contributed by atoms with Crippen LogP contribution in [0.2, 0.25) is 0 Å². The number of halogens is 2. The minimum atomic E-state index is -0.375. The molecule has 3 fully saturated rings. The molecule has 0 atom stereocenters. The number of rotatable bonds is 3. The first kappa shape index (κ1) is 10.2. The highest BCUT2D eigenvalue weighted by Gasteiger charge is 2.66. The Labute approximate surface area is 93.1 Å². The average molecular weight is 224 g/mol. The average Bonchev–Trinajstić information content (AvgIpc) is 2.14. The zero-order chi connectivity index (χ0) is 11.4. The second kappa shape index (κ2) is 3.04. The van der Waals surface area contributed by atoms with E-state index in [1.165, 1.54) is 12.1 Å². The van der Waals surface area contributed by atoms with Crippen LogP contribution < -0.4 is 0 Å². The van der Waals surface area contributed by atoms with Crippen molar-refractivity contribution in [3.05, 3.63) is 35.4 Å². The second-order valence-corrected chi connectivity index (χ2v) is 5.60.